The van der Waals surface area contributed by atoms with Gasteiger partial charge in [0.15, 0.2) is 6.23 Å². The molecule has 1 fully saturated rings. The summed E-state index contributed by atoms with van der Waals surface area (Å²) in [6, 6.07) is 20.0. The van der Waals surface area contributed by atoms with Gasteiger partial charge in [-0.3, -0.25) is 4.79 Å². The number of hydrogen-bond donors (Lipinski definition) is 0. The number of rotatable bonds is 5. The highest BCUT2D eigenvalue weighted by Gasteiger charge is 2.41. The van der Waals surface area contributed by atoms with Crippen LogP contribution in [0.5, 0.6) is 11.5 Å². The predicted molar refractivity (Wildman–Crippen MR) is 107 cm³/mol. The van der Waals surface area contributed by atoms with Gasteiger partial charge in [-0.1, -0.05) is 42.5 Å². The van der Waals surface area contributed by atoms with Crippen molar-refractivity contribution in [1.29, 1.82) is 0 Å². The maximum atomic E-state index is 12.9. The van der Waals surface area contributed by atoms with Crippen LogP contribution in [0.25, 0.3) is 10.8 Å². The number of carbonyl (C=O) groups excluding carboxylic acids is 1. The van der Waals surface area contributed by atoms with Crippen LogP contribution in [0.2, 0.25) is 0 Å². The first-order chi connectivity index (χ1) is 13.6. The Kier molecular flexibility index (Phi) is 4.92. The number of ether oxygens (including phenoxy) is 3. The van der Waals surface area contributed by atoms with Crippen LogP contribution >= 0.6 is 0 Å². The molecule has 2 unspecified atom stereocenters. The van der Waals surface area contributed by atoms with E-state index >= 15 is 0 Å². The highest BCUT2D eigenvalue weighted by Crippen LogP contribution is 2.42. The van der Waals surface area contributed by atoms with Gasteiger partial charge in [0.25, 0.3) is 5.91 Å². The Labute approximate surface area is 164 Å². The molecule has 3 aromatic carbocycles. The molecule has 0 bridgehead atoms. The lowest BCUT2D eigenvalue weighted by Crippen LogP contribution is -2.30. The Bertz CT molecular complexity index is 994. The molecule has 3 aromatic rings. The third-order valence-electron chi connectivity index (χ3n) is 5.13. The van der Waals surface area contributed by atoms with E-state index in [9.17, 15) is 4.79 Å². The van der Waals surface area contributed by atoms with Gasteiger partial charge in [0.2, 0.25) is 0 Å². The summed E-state index contributed by atoms with van der Waals surface area (Å²) in [5, 5.41) is 2.32. The van der Waals surface area contributed by atoms with Crippen LogP contribution in [0.1, 0.15) is 24.3 Å². The van der Waals surface area contributed by atoms with Gasteiger partial charge in [-0.2, -0.15) is 0 Å². The molecular weight excluding hydrogens is 354 g/mol. The van der Waals surface area contributed by atoms with Crippen LogP contribution in [-0.4, -0.2) is 31.1 Å². The molecule has 0 aliphatic carbocycles. The third kappa shape index (κ3) is 3.18. The summed E-state index contributed by atoms with van der Waals surface area (Å²) in [5.74, 6) is 1.22. The van der Waals surface area contributed by atoms with Gasteiger partial charge in [0.1, 0.15) is 17.6 Å². The number of fused-ring (bicyclic) bond motifs is 1. The maximum absolute atomic E-state index is 12.9. The van der Waals surface area contributed by atoms with E-state index in [1.807, 2.05) is 30.3 Å². The summed E-state index contributed by atoms with van der Waals surface area (Å²) >= 11 is 0. The van der Waals surface area contributed by atoms with Crippen molar-refractivity contribution in [1.82, 2.24) is 4.90 Å². The van der Waals surface area contributed by atoms with E-state index in [4.69, 9.17) is 14.2 Å². The number of benzene rings is 3. The van der Waals surface area contributed by atoms with Gasteiger partial charge in [0.05, 0.1) is 19.8 Å². The standard InChI is InChI=1S/C23H23NO4/c1-15-22(25)24(14-16-11-12-17-7-4-5-8-18(17)13-16)23(28-15)21-19(26-2)9-6-10-20(21)27-3/h4-13,15,23H,14H2,1-3H3. The van der Waals surface area contributed by atoms with Crippen LogP contribution in [0, 0.1) is 0 Å². The molecular formula is C23H23NO4. The Balaban J connectivity index is 1.73. The molecule has 0 aromatic heterocycles. The second kappa shape index (κ2) is 7.52. The van der Waals surface area contributed by atoms with Crippen molar-refractivity contribution in [2.75, 3.05) is 14.2 Å². The van der Waals surface area contributed by atoms with Crippen molar-refractivity contribution >= 4 is 16.7 Å². The average molecular weight is 377 g/mol. The molecule has 1 aliphatic rings. The minimum absolute atomic E-state index is 0.0499. The lowest BCUT2D eigenvalue weighted by Gasteiger charge is -2.26. The van der Waals surface area contributed by atoms with E-state index in [1.165, 1.54) is 5.39 Å². The van der Waals surface area contributed by atoms with E-state index in [1.54, 1.807) is 26.0 Å². The molecule has 0 spiro atoms. The van der Waals surface area contributed by atoms with Gasteiger partial charge in [-0.25, -0.2) is 0 Å². The number of amides is 1. The van der Waals surface area contributed by atoms with E-state index in [0.717, 1.165) is 16.5 Å². The van der Waals surface area contributed by atoms with Crippen molar-refractivity contribution in [2.24, 2.45) is 0 Å². The van der Waals surface area contributed by atoms with Crippen molar-refractivity contribution in [3.05, 3.63) is 71.8 Å². The third-order valence-corrected chi connectivity index (χ3v) is 5.13. The molecule has 0 N–H and O–H groups in total. The normalized spacial score (nSPS) is 19.2. The molecule has 0 saturated carbocycles. The molecule has 5 nitrogen and oxygen atoms in total. The molecule has 28 heavy (non-hydrogen) atoms. The van der Waals surface area contributed by atoms with Gasteiger partial charge in [0, 0.05) is 6.54 Å². The topological polar surface area (TPSA) is 48.0 Å². The van der Waals surface area contributed by atoms with Crippen LogP contribution in [0.4, 0.5) is 0 Å². The van der Waals surface area contributed by atoms with Crippen molar-refractivity contribution in [2.45, 2.75) is 25.8 Å². The van der Waals surface area contributed by atoms with E-state index < -0.39 is 12.3 Å². The lowest BCUT2D eigenvalue weighted by atomic mass is 10.1. The fraction of sp³-hybridized carbons (Fsp3) is 0.261. The number of carbonyl (C=O) groups is 1. The zero-order valence-corrected chi connectivity index (χ0v) is 16.2. The Morgan fingerprint density at radius 1 is 0.929 bits per heavy atom. The molecule has 1 heterocycles. The second-order valence-corrected chi connectivity index (χ2v) is 6.85. The summed E-state index contributed by atoms with van der Waals surface area (Å²) in [4.78, 5) is 14.6. The Morgan fingerprint density at radius 2 is 1.61 bits per heavy atom. The molecule has 1 saturated heterocycles. The highest BCUT2D eigenvalue weighted by atomic mass is 16.5. The molecule has 5 heteroatoms. The molecule has 144 valence electrons. The zero-order chi connectivity index (χ0) is 19.7. The van der Waals surface area contributed by atoms with Crippen LogP contribution in [0.3, 0.4) is 0 Å². The minimum atomic E-state index is -0.569. The van der Waals surface area contributed by atoms with Gasteiger partial charge in [-0.05, 0) is 41.5 Å². The number of methoxy groups -OCH3 is 2. The zero-order valence-electron chi connectivity index (χ0n) is 16.2. The van der Waals surface area contributed by atoms with Gasteiger partial charge in [-0.15, -0.1) is 0 Å². The second-order valence-electron chi connectivity index (χ2n) is 6.85. The van der Waals surface area contributed by atoms with Crippen LogP contribution in [0.15, 0.2) is 60.7 Å². The van der Waals surface area contributed by atoms with Gasteiger partial charge >= 0.3 is 0 Å². The maximum Gasteiger partial charge on any atom is 0.254 e. The van der Waals surface area contributed by atoms with E-state index in [2.05, 4.69) is 30.3 Å². The summed E-state index contributed by atoms with van der Waals surface area (Å²) in [6.07, 6.45) is -1.10. The summed E-state index contributed by atoms with van der Waals surface area (Å²) in [6.45, 7) is 2.22. The van der Waals surface area contributed by atoms with Gasteiger partial charge < -0.3 is 19.1 Å². The first kappa shape index (κ1) is 18.3. The summed E-state index contributed by atoms with van der Waals surface area (Å²) < 4.78 is 17.1. The Hall–Kier alpha value is -3.05. The minimum Gasteiger partial charge on any atom is -0.496 e. The smallest absolute Gasteiger partial charge is 0.254 e. The lowest BCUT2D eigenvalue weighted by molar-refractivity contribution is -0.130. The fourth-order valence-corrected chi connectivity index (χ4v) is 3.72. The molecule has 2 atom stereocenters. The van der Waals surface area contributed by atoms with Crippen LogP contribution < -0.4 is 9.47 Å². The first-order valence-corrected chi connectivity index (χ1v) is 9.27. The van der Waals surface area contributed by atoms with Crippen molar-refractivity contribution < 1.29 is 19.0 Å². The highest BCUT2D eigenvalue weighted by molar-refractivity contribution is 5.84. The largest absolute Gasteiger partial charge is 0.496 e. The molecule has 0 radical (unpaired) electrons. The predicted octanol–water partition coefficient (Wildman–Crippen LogP) is 4.30. The SMILES string of the molecule is COc1cccc(OC)c1C1OC(C)C(=O)N1Cc1ccc2ccccc2c1. The summed E-state index contributed by atoms with van der Waals surface area (Å²) in [7, 11) is 3.21. The van der Waals surface area contributed by atoms with Crippen LogP contribution in [-0.2, 0) is 16.1 Å². The Morgan fingerprint density at radius 3 is 2.29 bits per heavy atom. The average Bonchev–Trinajstić information content (AvgIpc) is 3.01. The van der Waals surface area contributed by atoms with E-state index in [-0.39, 0.29) is 5.91 Å². The van der Waals surface area contributed by atoms with E-state index in [0.29, 0.717) is 18.0 Å². The first-order valence-electron chi connectivity index (χ1n) is 9.27. The number of hydrogen-bond acceptors (Lipinski definition) is 4. The quantitative estimate of drug-likeness (QED) is 0.665. The molecule has 1 amide bonds. The molecule has 1 aliphatic heterocycles. The number of nitrogens with zero attached hydrogens (tertiary/aromatic N) is 1. The van der Waals surface area contributed by atoms with Crippen molar-refractivity contribution in [3.8, 4) is 11.5 Å². The fourth-order valence-electron chi connectivity index (χ4n) is 3.72. The molecule has 4 rings (SSSR count). The monoisotopic (exact) mass is 377 g/mol. The summed E-state index contributed by atoms with van der Waals surface area (Å²) in [5.41, 5.74) is 1.77. The van der Waals surface area contributed by atoms with Crippen molar-refractivity contribution in [3.63, 3.8) is 0 Å².